The molecule has 2 N–H and O–H groups in total. The van der Waals surface area contributed by atoms with E-state index in [4.69, 9.17) is 0 Å². The maximum Gasteiger partial charge on any atom is 0.238 e. The first-order valence-corrected chi connectivity index (χ1v) is 9.69. The van der Waals surface area contributed by atoms with E-state index in [-0.39, 0.29) is 11.9 Å². The van der Waals surface area contributed by atoms with Crippen molar-refractivity contribution in [1.82, 2.24) is 9.62 Å². The zero-order valence-electron chi connectivity index (χ0n) is 13.9. The Labute approximate surface area is 138 Å². The fourth-order valence-corrected chi connectivity index (χ4v) is 3.75. The van der Waals surface area contributed by atoms with E-state index in [1.54, 1.807) is 0 Å². The third-order valence-electron chi connectivity index (χ3n) is 4.08. The summed E-state index contributed by atoms with van der Waals surface area (Å²) in [5.74, 6) is -0.0306. The van der Waals surface area contributed by atoms with E-state index in [2.05, 4.69) is 14.9 Å². The summed E-state index contributed by atoms with van der Waals surface area (Å²) in [5.41, 5.74) is 2.98. The van der Waals surface area contributed by atoms with Crippen LogP contribution in [-0.4, -0.2) is 51.2 Å². The molecule has 128 valence electrons. The molecule has 1 aliphatic heterocycles. The number of carbonyl (C=O) groups is 1. The van der Waals surface area contributed by atoms with Gasteiger partial charge in [-0.1, -0.05) is 18.2 Å². The number of likely N-dealkylation sites (tertiary alicyclic amines) is 1. The highest BCUT2D eigenvalue weighted by atomic mass is 32.2. The second-order valence-electron chi connectivity index (χ2n) is 6.26. The van der Waals surface area contributed by atoms with E-state index in [0.717, 1.165) is 29.7 Å². The highest BCUT2D eigenvalue weighted by Gasteiger charge is 2.23. The second kappa shape index (κ2) is 7.42. The molecule has 6 nitrogen and oxygen atoms in total. The number of nitrogens with one attached hydrogen (secondary N) is 2. The van der Waals surface area contributed by atoms with Crippen molar-refractivity contribution in [2.75, 3.05) is 31.2 Å². The van der Waals surface area contributed by atoms with Gasteiger partial charge in [-0.2, -0.15) is 0 Å². The first-order chi connectivity index (χ1) is 10.7. The molecule has 2 rings (SSSR count). The van der Waals surface area contributed by atoms with Gasteiger partial charge in [0.1, 0.15) is 0 Å². The summed E-state index contributed by atoms with van der Waals surface area (Å²) < 4.78 is 25.1. The molecular weight excluding hydrogens is 314 g/mol. The second-order valence-corrected chi connectivity index (χ2v) is 8.04. The maximum absolute atomic E-state index is 12.2. The average molecular weight is 339 g/mol. The van der Waals surface area contributed by atoms with Gasteiger partial charge in [0, 0.05) is 24.8 Å². The predicted molar refractivity (Wildman–Crippen MR) is 92.0 cm³/mol. The van der Waals surface area contributed by atoms with Gasteiger partial charge in [0.15, 0.2) is 0 Å². The molecule has 0 atom stereocenters. The minimum absolute atomic E-state index is 0.0251. The van der Waals surface area contributed by atoms with Gasteiger partial charge in [-0.15, -0.1) is 0 Å². The van der Waals surface area contributed by atoms with Crippen molar-refractivity contribution in [3.8, 4) is 0 Å². The molecule has 0 saturated carbocycles. The highest BCUT2D eigenvalue weighted by Crippen LogP contribution is 2.19. The Kier molecular flexibility index (Phi) is 5.78. The zero-order valence-corrected chi connectivity index (χ0v) is 14.7. The van der Waals surface area contributed by atoms with E-state index in [0.29, 0.717) is 19.6 Å². The number of para-hydroxylation sites is 1. The molecule has 1 aliphatic rings. The number of benzene rings is 1. The van der Waals surface area contributed by atoms with Crippen LogP contribution >= 0.6 is 0 Å². The quantitative estimate of drug-likeness (QED) is 0.846. The van der Waals surface area contributed by atoms with Gasteiger partial charge in [-0.3, -0.25) is 9.69 Å². The average Bonchev–Trinajstić information content (AvgIpc) is 2.44. The van der Waals surface area contributed by atoms with Gasteiger partial charge in [0.25, 0.3) is 0 Å². The van der Waals surface area contributed by atoms with Crippen molar-refractivity contribution in [3.63, 3.8) is 0 Å². The van der Waals surface area contributed by atoms with Gasteiger partial charge in [-0.25, -0.2) is 13.1 Å². The monoisotopic (exact) mass is 339 g/mol. The van der Waals surface area contributed by atoms with Crippen LogP contribution < -0.4 is 10.0 Å². The summed E-state index contributed by atoms with van der Waals surface area (Å²) in [5, 5.41) is 2.98. The Morgan fingerprint density at radius 1 is 1.22 bits per heavy atom. The standard InChI is InChI=1S/C16H25N3O3S/c1-12-5-4-6-13(2)16(12)17-15(20)11-19-9-7-14(8-10-19)18-23(3,21)22/h4-6,14,18H,7-11H2,1-3H3,(H,17,20). The van der Waals surface area contributed by atoms with Gasteiger partial charge >= 0.3 is 0 Å². The van der Waals surface area contributed by atoms with Gasteiger partial charge in [0.05, 0.1) is 12.8 Å². The van der Waals surface area contributed by atoms with Crippen molar-refractivity contribution >= 4 is 21.6 Å². The zero-order chi connectivity index (χ0) is 17.0. The van der Waals surface area contributed by atoms with E-state index in [1.807, 2.05) is 32.0 Å². The number of piperidine rings is 1. The number of sulfonamides is 1. The fourth-order valence-electron chi connectivity index (χ4n) is 2.91. The SMILES string of the molecule is Cc1cccc(C)c1NC(=O)CN1CCC(NS(C)(=O)=O)CC1. The normalized spacial score (nSPS) is 17.2. The Bertz CT molecular complexity index is 645. The van der Waals surface area contributed by atoms with E-state index >= 15 is 0 Å². The first kappa shape index (κ1) is 17.9. The molecule has 0 unspecified atom stereocenters. The van der Waals surface area contributed by atoms with E-state index < -0.39 is 10.0 Å². The molecule has 1 amide bonds. The lowest BCUT2D eigenvalue weighted by molar-refractivity contribution is -0.117. The molecule has 23 heavy (non-hydrogen) atoms. The summed E-state index contributed by atoms with van der Waals surface area (Å²) in [6, 6.07) is 5.90. The van der Waals surface area contributed by atoms with Crippen LogP contribution in [0.25, 0.3) is 0 Å². The molecule has 1 aromatic carbocycles. The van der Waals surface area contributed by atoms with Gasteiger partial charge in [0.2, 0.25) is 15.9 Å². The Morgan fingerprint density at radius 3 is 2.30 bits per heavy atom. The molecule has 1 saturated heterocycles. The van der Waals surface area contributed by atoms with Crippen LogP contribution in [0, 0.1) is 13.8 Å². The van der Waals surface area contributed by atoms with Crippen molar-refractivity contribution in [3.05, 3.63) is 29.3 Å². The summed E-state index contributed by atoms with van der Waals surface area (Å²) in [7, 11) is -3.16. The minimum Gasteiger partial charge on any atom is -0.324 e. The van der Waals surface area contributed by atoms with Crippen LogP contribution in [0.2, 0.25) is 0 Å². The third kappa shape index (κ3) is 5.60. The number of carbonyl (C=O) groups excluding carboxylic acids is 1. The largest absolute Gasteiger partial charge is 0.324 e. The molecule has 1 heterocycles. The van der Waals surface area contributed by atoms with Crippen molar-refractivity contribution < 1.29 is 13.2 Å². The number of rotatable bonds is 5. The molecular formula is C16H25N3O3S. The Morgan fingerprint density at radius 2 is 1.78 bits per heavy atom. The lowest BCUT2D eigenvalue weighted by Crippen LogP contribution is -2.46. The molecule has 1 aromatic rings. The minimum atomic E-state index is -3.16. The molecule has 0 spiro atoms. The van der Waals surface area contributed by atoms with Crippen LogP contribution in [0.15, 0.2) is 18.2 Å². The van der Waals surface area contributed by atoms with Crippen molar-refractivity contribution in [1.29, 1.82) is 0 Å². The Hall–Kier alpha value is -1.44. The number of amides is 1. The van der Waals surface area contributed by atoms with Gasteiger partial charge in [-0.05, 0) is 37.8 Å². The topological polar surface area (TPSA) is 78.5 Å². The van der Waals surface area contributed by atoms with Gasteiger partial charge < -0.3 is 5.32 Å². The fraction of sp³-hybridized carbons (Fsp3) is 0.562. The first-order valence-electron chi connectivity index (χ1n) is 7.80. The molecule has 0 aliphatic carbocycles. The van der Waals surface area contributed by atoms with E-state index in [9.17, 15) is 13.2 Å². The van der Waals surface area contributed by atoms with Crippen LogP contribution in [0.3, 0.4) is 0 Å². The summed E-state index contributed by atoms with van der Waals surface area (Å²) in [4.78, 5) is 14.3. The Balaban J connectivity index is 1.83. The highest BCUT2D eigenvalue weighted by molar-refractivity contribution is 7.88. The molecule has 0 radical (unpaired) electrons. The van der Waals surface area contributed by atoms with Crippen LogP contribution in [0.5, 0.6) is 0 Å². The predicted octanol–water partition coefficient (Wildman–Crippen LogP) is 1.26. The van der Waals surface area contributed by atoms with Crippen molar-refractivity contribution in [2.24, 2.45) is 0 Å². The van der Waals surface area contributed by atoms with Crippen LogP contribution in [0.4, 0.5) is 5.69 Å². The lowest BCUT2D eigenvalue weighted by atomic mass is 10.1. The van der Waals surface area contributed by atoms with Crippen LogP contribution in [0.1, 0.15) is 24.0 Å². The van der Waals surface area contributed by atoms with E-state index in [1.165, 1.54) is 6.26 Å². The smallest absolute Gasteiger partial charge is 0.238 e. The lowest BCUT2D eigenvalue weighted by Gasteiger charge is -2.31. The summed E-state index contributed by atoms with van der Waals surface area (Å²) in [6.45, 7) is 5.72. The number of hydrogen-bond acceptors (Lipinski definition) is 4. The summed E-state index contributed by atoms with van der Waals surface area (Å²) >= 11 is 0. The van der Waals surface area contributed by atoms with Crippen LogP contribution in [-0.2, 0) is 14.8 Å². The molecule has 0 aromatic heterocycles. The molecule has 1 fully saturated rings. The number of nitrogens with zero attached hydrogens (tertiary/aromatic N) is 1. The maximum atomic E-state index is 12.2. The third-order valence-corrected chi connectivity index (χ3v) is 4.84. The summed E-state index contributed by atoms with van der Waals surface area (Å²) in [6.07, 6.45) is 2.63. The van der Waals surface area contributed by atoms with Crippen molar-refractivity contribution in [2.45, 2.75) is 32.7 Å². The molecule has 7 heteroatoms. The number of aryl methyl sites for hydroxylation is 2. The number of hydrogen-bond donors (Lipinski definition) is 2. The molecule has 0 bridgehead atoms. The number of anilines is 1.